The second-order valence-electron chi connectivity index (χ2n) is 11.1. The molecule has 4 aromatic rings. The second kappa shape index (κ2) is 11.9. The Morgan fingerprint density at radius 3 is 2.45 bits per heavy atom. The molecule has 1 N–H and O–H groups in total. The minimum absolute atomic E-state index is 0.0875. The van der Waals surface area contributed by atoms with Crippen molar-refractivity contribution in [3.63, 3.8) is 0 Å². The van der Waals surface area contributed by atoms with Crippen LogP contribution in [0, 0.1) is 0 Å². The van der Waals surface area contributed by atoms with Gasteiger partial charge in [0.2, 0.25) is 0 Å². The molecule has 0 bridgehead atoms. The van der Waals surface area contributed by atoms with E-state index in [1.807, 2.05) is 35.0 Å². The molecule has 2 aromatic carbocycles. The number of nitrogens with zero attached hydrogens (tertiary/aromatic N) is 6. The summed E-state index contributed by atoms with van der Waals surface area (Å²) >= 11 is 0. The Labute approximate surface area is 235 Å². The van der Waals surface area contributed by atoms with Gasteiger partial charge in [0.1, 0.15) is 11.8 Å². The van der Waals surface area contributed by atoms with Crippen molar-refractivity contribution < 1.29 is 4.74 Å². The van der Waals surface area contributed by atoms with Gasteiger partial charge in [-0.15, -0.1) is 5.10 Å². The second-order valence-corrected chi connectivity index (χ2v) is 11.1. The Bertz CT molecular complexity index is 1480. The quantitative estimate of drug-likeness (QED) is 0.358. The van der Waals surface area contributed by atoms with Gasteiger partial charge in [0.15, 0.2) is 5.82 Å². The number of benzene rings is 2. The maximum Gasteiger partial charge on any atom is 0.253 e. The highest BCUT2D eigenvalue weighted by Crippen LogP contribution is 2.30. The Kier molecular flexibility index (Phi) is 7.93. The number of pyridine rings is 1. The van der Waals surface area contributed by atoms with Crippen molar-refractivity contribution >= 4 is 10.9 Å². The highest BCUT2D eigenvalue weighted by Gasteiger charge is 2.34. The Morgan fingerprint density at radius 1 is 0.975 bits per heavy atom. The fraction of sp³-hybridized carbons (Fsp3) is 0.484. The number of nitrogens with one attached hydrogen (secondary N) is 1. The number of methoxy groups -OCH3 is 1. The molecule has 1 aliphatic heterocycles. The van der Waals surface area contributed by atoms with E-state index in [4.69, 9.17) is 4.74 Å². The zero-order valence-electron chi connectivity index (χ0n) is 23.6. The zero-order valence-corrected chi connectivity index (χ0v) is 23.6. The summed E-state index contributed by atoms with van der Waals surface area (Å²) in [7, 11) is 1.66. The summed E-state index contributed by atoms with van der Waals surface area (Å²) in [5, 5.41) is 14.0. The van der Waals surface area contributed by atoms with E-state index in [2.05, 4.69) is 55.4 Å². The smallest absolute Gasteiger partial charge is 0.253 e. The molecule has 1 atom stereocenters. The fourth-order valence-corrected chi connectivity index (χ4v) is 6.43. The highest BCUT2D eigenvalue weighted by molar-refractivity contribution is 5.80. The third-order valence-corrected chi connectivity index (χ3v) is 8.74. The number of fused-ring (bicyclic) bond motifs is 1. The summed E-state index contributed by atoms with van der Waals surface area (Å²) in [5.41, 5.74) is 3.76. The number of aryl methyl sites for hydroxylation is 1. The predicted molar refractivity (Wildman–Crippen MR) is 156 cm³/mol. The summed E-state index contributed by atoms with van der Waals surface area (Å²) in [6.07, 6.45) is 7.57. The molecule has 1 saturated heterocycles. The molecule has 3 heterocycles. The lowest BCUT2D eigenvalue weighted by Crippen LogP contribution is -2.52. The maximum absolute atomic E-state index is 13.6. The van der Waals surface area contributed by atoms with Crippen LogP contribution in [0.25, 0.3) is 10.9 Å². The number of tetrazole rings is 1. The third-order valence-electron chi connectivity index (χ3n) is 8.74. The maximum atomic E-state index is 13.6. The first-order valence-electron chi connectivity index (χ1n) is 14.7. The molecule has 210 valence electrons. The summed E-state index contributed by atoms with van der Waals surface area (Å²) in [4.78, 5) is 21.8. The monoisotopic (exact) mass is 541 g/mol. The molecule has 0 unspecified atom stereocenters. The largest absolute Gasteiger partial charge is 0.497 e. The first-order chi connectivity index (χ1) is 19.6. The van der Waals surface area contributed by atoms with E-state index in [0.717, 1.165) is 54.8 Å². The van der Waals surface area contributed by atoms with Gasteiger partial charge in [-0.1, -0.05) is 44.4 Å². The molecule has 0 amide bonds. The van der Waals surface area contributed by atoms with Gasteiger partial charge in [-0.3, -0.25) is 14.6 Å². The molecule has 1 aliphatic carbocycles. The predicted octanol–water partition coefficient (Wildman–Crippen LogP) is 4.17. The van der Waals surface area contributed by atoms with Crippen LogP contribution in [-0.2, 0) is 13.0 Å². The van der Waals surface area contributed by atoms with E-state index in [-0.39, 0.29) is 11.6 Å². The van der Waals surface area contributed by atoms with Crippen molar-refractivity contribution in [3.8, 4) is 5.75 Å². The summed E-state index contributed by atoms with van der Waals surface area (Å²) in [6.45, 7) is 6.37. The van der Waals surface area contributed by atoms with Crippen LogP contribution >= 0.6 is 0 Å². The standard InChI is InChI=1S/C31H39N7O2/c1-3-22-11-14-28-24(19-22)20-27(31(39)32-28)29(37-17-15-36(16-18-37)25-7-5-4-6-8-25)30-33-34-35-38(30)21-23-9-12-26(40-2)13-10-23/h9-14,19-20,25,29H,3-8,15-18,21H2,1-2H3,(H,32,39)/t29-/m1/s1. The van der Waals surface area contributed by atoms with Crippen LogP contribution in [0.4, 0.5) is 0 Å². The van der Waals surface area contributed by atoms with Crippen molar-refractivity contribution in [2.24, 2.45) is 0 Å². The first-order valence-corrected chi connectivity index (χ1v) is 14.7. The van der Waals surface area contributed by atoms with Crippen molar-refractivity contribution in [2.75, 3.05) is 33.3 Å². The van der Waals surface area contributed by atoms with Crippen LogP contribution in [0.3, 0.4) is 0 Å². The third kappa shape index (κ3) is 5.53. The van der Waals surface area contributed by atoms with Gasteiger partial charge >= 0.3 is 0 Å². The average molecular weight is 542 g/mol. The van der Waals surface area contributed by atoms with Crippen molar-refractivity contribution in [2.45, 2.75) is 64.1 Å². The number of rotatable bonds is 8. The van der Waals surface area contributed by atoms with Crippen molar-refractivity contribution in [1.82, 2.24) is 35.0 Å². The molecular weight excluding hydrogens is 502 g/mol. The van der Waals surface area contributed by atoms with Crippen molar-refractivity contribution in [1.29, 1.82) is 0 Å². The van der Waals surface area contributed by atoms with Gasteiger partial charge in [0.25, 0.3) is 5.56 Å². The van der Waals surface area contributed by atoms with Crippen LogP contribution in [-0.4, -0.2) is 74.3 Å². The number of hydrogen-bond donors (Lipinski definition) is 1. The number of ether oxygens (including phenoxy) is 1. The summed E-state index contributed by atoms with van der Waals surface area (Å²) < 4.78 is 7.16. The average Bonchev–Trinajstić information content (AvgIpc) is 3.46. The SMILES string of the molecule is CCc1ccc2[nH]c(=O)c([C@H](c3nnnn3Cc3ccc(OC)cc3)N3CCN(C4CCCCC4)CC3)cc2c1. The van der Waals surface area contributed by atoms with E-state index in [1.54, 1.807) is 7.11 Å². The molecular formula is C31H39N7O2. The van der Waals surface area contributed by atoms with Gasteiger partial charge in [-0.05, 0) is 76.5 Å². The first kappa shape index (κ1) is 26.7. The molecule has 9 heteroatoms. The molecule has 2 aromatic heterocycles. The number of aromatic amines is 1. The number of hydrogen-bond acceptors (Lipinski definition) is 7. The van der Waals surface area contributed by atoms with E-state index in [9.17, 15) is 4.79 Å². The molecule has 2 fully saturated rings. The van der Waals surface area contributed by atoms with Crippen LogP contribution in [0.2, 0.25) is 0 Å². The molecule has 0 radical (unpaired) electrons. The van der Waals surface area contributed by atoms with Gasteiger partial charge < -0.3 is 9.72 Å². The van der Waals surface area contributed by atoms with E-state index < -0.39 is 0 Å². The minimum atomic E-state index is -0.347. The lowest BCUT2D eigenvalue weighted by Gasteiger charge is -2.43. The van der Waals surface area contributed by atoms with Crippen LogP contribution in [0.15, 0.2) is 53.3 Å². The van der Waals surface area contributed by atoms with Crippen LogP contribution in [0.1, 0.15) is 67.6 Å². The van der Waals surface area contributed by atoms with Crippen LogP contribution < -0.4 is 10.3 Å². The van der Waals surface area contributed by atoms with Crippen LogP contribution in [0.5, 0.6) is 5.75 Å². The number of aromatic nitrogens is 5. The lowest BCUT2D eigenvalue weighted by atomic mass is 9.93. The topological polar surface area (TPSA) is 92.2 Å². The normalized spacial score (nSPS) is 18.2. The van der Waals surface area contributed by atoms with Gasteiger partial charge in [-0.25, -0.2) is 4.68 Å². The highest BCUT2D eigenvalue weighted by atomic mass is 16.5. The number of piperazine rings is 1. The lowest BCUT2D eigenvalue weighted by molar-refractivity contribution is 0.0618. The van der Waals surface area contributed by atoms with E-state index in [1.165, 1.54) is 37.7 Å². The summed E-state index contributed by atoms with van der Waals surface area (Å²) in [6, 6.07) is 16.6. The number of H-pyrrole nitrogens is 1. The molecule has 1 saturated carbocycles. The van der Waals surface area contributed by atoms with Crippen molar-refractivity contribution in [3.05, 3.63) is 81.4 Å². The zero-order chi connectivity index (χ0) is 27.5. The Hall–Kier alpha value is -3.56. The molecule has 6 rings (SSSR count). The van der Waals surface area contributed by atoms with Gasteiger partial charge in [0.05, 0.1) is 13.7 Å². The fourth-order valence-electron chi connectivity index (χ4n) is 6.43. The van der Waals surface area contributed by atoms with Gasteiger partial charge in [-0.2, -0.15) is 0 Å². The Morgan fingerprint density at radius 2 is 1.73 bits per heavy atom. The van der Waals surface area contributed by atoms with E-state index in [0.29, 0.717) is 24.0 Å². The van der Waals surface area contributed by atoms with E-state index >= 15 is 0 Å². The molecule has 9 nitrogen and oxygen atoms in total. The van der Waals surface area contributed by atoms with Gasteiger partial charge in [0, 0.05) is 43.3 Å². The Balaban J connectivity index is 1.36. The minimum Gasteiger partial charge on any atom is -0.497 e. The summed E-state index contributed by atoms with van der Waals surface area (Å²) in [5.74, 6) is 1.50. The molecule has 2 aliphatic rings. The molecule has 40 heavy (non-hydrogen) atoms. The molecule has 0 spiro atoms.